The molecule has 0 aliphatic carbocycles. The van der Waals surface area contributed by atoms with Crippen molar-refractivity contribution in [1.29, 1.82) is 0 Å². The van der Waals surface area contributed by atoms with Gasteiger partial charge < -0.3 is 5.32 Å². The minimum absolute atomic E-state index is 0.709. The highest BCUT2D eigenvalue weighted by Crippen LogP contribution is 2.27. The van der Waals surface area contributed by atoms with E-state index in [1.165, 1.54) is 55.5 Å². The van der Waals surface area contributed by atoms with E-state index < -0.39 is 0 Å². The van der Waals surface area contributed by atoms with Gasteiger partial charge in [0.1, 0.15) is 0 Å². The van der Waals surface area contributed by atoms with Crippen molar-refractivity contribution in [2.24, 2.45) is 0 Å². The number of fused-ring (bicyclic) bond motifs is 1. The van der Waals surface area contributed by atoms with Crippen LogP contribution in [0, 0.1) is 13.8 Å². The monoisotopic (exact) mass is 258 g/mol. The molecule has 2 aliphatic heterocycles. The molecule has 2 atom stereocenters. The number of rotatable bonds is 3. The number of nitrogens with zero attached hydrogens (tertiary/aromatic N) is 1. The zero-order valence-corrected chi connectivity index (χ0v) is 12.3. The summed E-state index contributed by atoms with van der Waals surface area (Å²) in [7, 11) is 0. The van der Waals surface area contributed by atoms with E-state index in [0.29, 0.717) is 6.04 Å². The molecule has 2 fully saturated rings. The Hall–Kier alpha value is -0.860. The van der Waals surface area contributed by atoms with Gasteiger partial charge in [0.15, 0.2) is 0 Å². The smallest absolute Gasteiger partial charge is 0.0249 e. The highest BCUT2D eigenvalue weighted by Gasteiger charge is 2.34. The molecule has 0 saturated carbocycles. The minimum atomic E-state index is 0.709. The SMILES string of the molecule is Cc1cccc(CNC2CCN3CCCCC23)c1C. The average molecular weight is 258 g/mol. The molecule has 1 aromatic rings. The summed E-state index contributed by atoms with van der Waals surface area (Å²) in [6, 6.07) is 8.17. The maximum Gasteiger partial charge on any atom is 0.0249 e. The molecule has 3 rings (SSSR count). The van der Waals surface area contributed by atoms with Crippen LogP contribution >= 0.6 is 0 Å². The highest BCUT2D eigenvalue weighted by molar-refractivity contribution is 5.33. The summed E-state index contributed by atoms with van der Waals surface area (Å²) in [5, 5.41) is 3.82. The van der Waals surface area contributed by atoms with Gasteiger partial charge in [0.25, 0.3) is 0 Å². The number of hydrogen-bond donors (Lipinski definition) is 1. The Morgan fingerprint density at radius 1 is 1.16 bits per heavy atom. The quantitative estimate of drug-likeness (QED) is 0.896. The van der Waals surface area contributed by atoms with E-state index >= 15 is 0 Å². The van der Waals surface area contributed by atoms with Crippen LogP contribution < -0.4 is 5.32 Å². The van der Waals surface area contributed by atoms with E-state index in [0.717, 1.165) is 12.6 Å². The summed E-state index contributed by atoms with van der Waals surface area (Å²) in [6.07, 6.45) is 5.54. The zero-order chi connectivity index (χ0) is 13.2. The summed E-state index contributed by atoms with van der Waals surface area (Å²) < 4.78 is 0. The Morgan fingerprint density at radius 3 is 2.95 bits per heavy atom. The first-order valence-corrected chi connectivity index (χ1v) is 7.78. The van der Waals surface area contributed by atoms with E-state index in [1.807, 2.05) is 0 Å². The summed E-state index contributed by atoms with van der Waals surface area (Å²) >= 11 is 0. The van der Waals surface area contributed by atoms with Crippen LogP contribution in [-0.2, 0) is 6.54 Å². The van der Waals surface area contributed by atoms with Crippen molar-refractivity contribution < 1.29 is 0 Å². The third-order valence-electron chi connectivity index (χ3n) is 5.13. The van der Waals surface area contributed by atoms with Crippen molar-refractivity contribution in [3.05, 3.63) is 34.9 Å². The molecule has 2 nitrogen and oxygen atoms in total. The standard InChI is InChI=1S/C17H26N2/c1-13-6-5-7-15(14(13)2)12-18-16-9-11-19-10-4-3-8-17(16)19/h5-7,16-18H,3-4,8-12H2,1-2H3. The molecule has 2 aliphatic rings. The molecular weight excluding hydrogens is 232 g/mol. The summed E-state index contributed by atoms with van der Waals surface area (Å²) in [4.78, 5) is 2.70. The van der Waals surface area contributed by atoms with Crippen LogP contribution in [0.1, 0.15) is 42.4 Å². The molecule has 19 heavy (non-hydrogen) atoms. The Kier molecular flexibility index (Phi) is 3.90. The molecule has 0 spiro atoms. The Labute approximate surface area is 117 Å². The van der Waals surface area contributed by atoms with Crippen molar-refractivity contribution in [3.8, 4) is 0 Å². The molecule has 2 saturated heterocycles. The maximum absolute atomic E-state index is 3.82. The van der Waals surface area contributed by atoms with Crippen LogP contribution in [0.25, 0.3) is 0 Å². The molecule has 0 aromatic heterocycles. The predicted octanol–water partition coefficient (Wildman–Crippen LogP) is 3.02. The summed E-state index contributed by atoms with van der Waals surface area (Å²) in [5.41, 5.74) is 4.33. The van der Waals surface area contributed by atoms with Crippen LogP contribution in [0.2, 0.25) is 0 Å². The molecule has 104 valence electrons. The van der Waals surface area contributed by atoms with E-state index in [9.17, 15) is 0 Å². The highest BCUT2D eigenvalue weighted by atomic mass is 15.2. The van der Waals surface area contributed by atoms with Crippen LogP contribution in [-0.4, -0.2) is 30.1 Å². The molecule has 1 aromatic carbocycles. The number of piperidine rings is 1. The van der Waals surface area contributed by atoms with Gasteiger partial charge in [-0.1, -0.05) is 24.6 Å². The Morgan fingerprint density at radius 2 is 2.05 bits per heavy atom. The molecule has 2 heteroatoms. The molecule has 0 bridgehead atoms. The second kappa shape index (κ2) is 5.64. The number of benzene rings is 1. The minimum Gasteiger partial charge on any atom is -0.308 e. The van der Waals surface area contributed by atoms with Gasteiger partial charge in [0, 0.05) is 25.2 Å². The van der Waals surface area contributed by atoms with E-state index in [-0.39, 0.29) is 0 Å². The van der Waals surface area contributed by atoms with Gasteiger partial charge in [-0.05, 0) is 56.3 Å². The fourth-order valence-corrected chi connectivity index (χ4v) is 3.73. The molecule has 2 unspecified atom stereocenters. The van der Waals surface area contributed by atoms with Gasteiger partial charge in [-0.25, -0.2) is 0 Å². The van der Waals surface area contributed by atoms with E-state index in [4.69, 9.17) is 0 Å². The van der Waals surface area contributed by atoms with Crippen molar-refractivity contribution in [2.75, 3.05) is 13.1 Å². The average Bonchev–Trinajstić information content (AvgIpc) is 2.84. The molecule has 0 amide bonds. The van der Waals surface area contributed by atoms with Gasteiger partial charge in [0.05, 0.1) is 0 Å². The van der Waals surface area contributed by atoms with E-state index in [1.54, 1.807) is 0 Å². The second-order valence-corrected chi connectivity index (χ2v) is 6.23. The fourth-order valence-electron chi connectivity index (χ4n) is 3.73. The van der Waals surface area contributed by atoms with Gasteiger partial charge in [-0.2, -0.15) is 0 Å². The maximum atomic E-state index is 3.82. The predicted molar refractivity (Wildman–Crippen MR) is 80.4 cm³/mol. The van der Waals surface area contributed by atoms with Crippen molar-refractivity contribution in [2.45, 2.75) is 58.2 Å². The van der Waals surface area contributed by atoms with Crippen molar-refractivity contribution >= 4 is 0 Å². The first-order chi connectivity index (χ1) is 9.25. The van der Waals surface area contributed by atoms with Gasteiger partial charge >= 0.3 is 0 Å². The zero-order valence-electron chi connectivity index (χ0n) is 12.3. The van der Waals surface area contributed by atoms with Crippen molar-refractivity contribution in [3.63, 3.8) is 0 Å². The van der Waals surface area contributed by atoms with Gasteiger partial charge in [-0.15, -0.1) is 0 Å². The number of aryl methyl sites for hydroxylation is 1. The second-order valence-electron chi connectivity index (χ2n) is 6.23. The van der Waals surface area contributed by atoms with Gasteiger partial charge in [0.2, 0.25) is 0 Å². The first kappa shape index (κ1) is 13.1. The molecule has 2 heterocycles. The first-order valence-electron chi connectivity index (χ1n) is 7.78. The van der Waals surface area contributed by atoms with E-state index in [2.05, 4.69) is 42.3 Å². The largest absolute Gasteiger partial charge is 0.308 e. The summed E-state index contributed by atoms with van der Waals surface area (Å²) in [6.45, 7) is 8.11. The molecule has 0 radical (unpaired) electrons. The third kappa shape index (κ3) is 2.70. The topological polar surface area (TPSA) is 15.3 Å². The number of nitrogens with one attached hydrogen (secondary N) is 1. The Balaban J connectivity index is 1.62. The van der Waals surface area contributed by atoms with Crippen LogP contribution in [0.4, 0.5) is 0 Å². The third-order valence-corrected chi connectivity index (χ3v) is 5.13. The lowest BCUT2D eigenvalue weighted by Gasteiger charge is -2.32. The molecule has 1 N–H and O–H groups in total. The lowest BCUT2D eigenvalue weighted by molar-refractivity contribution is 0.180. The molecular formula is C17H26N2. The van der Waals surface area contributed by atoms with Gasteiger partial charge in [-0.3, -0.25) is 4.90 Å². The lowest BCUT2D eigenvalue weighted by Crippen LogP contribution is -2.44. The normalized spacial score (nSPS) is 27.5. The van der Waals surface area contributed by atoms with Crippen molar-refractivity contribution in [1.82, 2.24) is 10.2 Å². The van der Waals surface area contributed by atoms with Crippen LogP contribution in [0.5, 0.6) is 0 Å². The van der Waals surface area contributed by atoms with Crippen LogP contribution in [0.3, 0.4) is 0 Å². The van der Waals surface area contributed by atoms with Crippen LogP contribution in [0.15, 0.2) is 18.2 Å². The lowest BCUT2D eigenvalue weighted by atomic mass is 9.98. The summed E-state index contributed by atoms with van der Waals surface area (Å²) in [5.74, 6) is 0. The number of hydrogen-bond acceptors (Lipinski definition) is 2. The fraction of sp³-hybridized carbons (Fsp3) is 0.647. The Bertz CT molecular complexity index is 441.